The Morgan fingerprint density at radius 3 is 2.39 bits per heavy atom. The maximum atomic E-state index is 11.3. The van der Waals surface area contributed by atoms with Crippen LogP contribution in [0.15, 0.2) is 24.3 Å². The Labute approximate surface area is 109 Å². The van der Waals surface area contributed by atoms with Crippen LogP contribution in [0.5, 0.6) is 0 Å². The summed E-state index contributed by atoms with van der Waals surface area (Å²) in [6.07, 6.45) is 0.519. The molecule has 18 heavy (non-hydrogen) atoms. The zero-order valence-corrected chi connectivity index (χ0v) is 11.3. The van der Waals surface area contributed by atoms with Crippen molar-refractivity contribution in [2.75, 3.05) is 13.2 Å². The van der Waals surface area contributed by atoms with Gasteiger partial charge in [0.25, 0.3) is 0 Å². The van der Waals surface area contributed by atoms with Gasteiger partial charge in [-0.05, 0) is 24.8 Å². The zero-order chi connectivity index (χ0) is 13.5. The van der Waals surface area contributed by atoms with Gasteiger partial charge in [-0.15, -0.1) is 0 Å². The predicted molar refractivity (Wildman–Crippen MR) is 71.8 cm³/mol. The third kappa shape index (κ3) is 4.88. The van der Waals surface area contributed by atoms with Gasteiger partial charge in [-0.25, -0.2) is 0 Å². The van der Waals surface area contributed by atoms with Crippen LogP contribution in [0.25, 0.3) is 0 Å². The van der Waals surface area contributed by atoms with Gasteiger partial charge in [-0.1, -0.05) is 43.7 Å². The maximum Gasteiger partial charge on any atom is 0.311 e. The third-order valence-corrected chi connectivity index (χ3v) is 2.78. The summed E-state index contributed by atoms with van der Waals surface area (Å²) < 4.78 is 5.46. The molecule has 0 saturated heterocycles. The highest BCUT2D eigenvalue weighted by Gasteiger charge is 2.19. The second-order valence-corrected chi connectivity index (χ2v) is 5.06. The van der Waals surface area contributed by atoms with E-state index in [0.717, 1.165) is 11.1 Å². The number of aliphatic carboxylic acids is 1. The highest BCUT2D eigenvalue weighted by molar-refractivity contribution is 5.76. The van der Waals surface area contributed by atoms with Crippen LogP contribution >= 0.6 is 0 Å². The number of ether oxygens (including phenoxy) is 1. The number of aryl methyl sites for hydroxylation is 1. The van der Waals surface area contributed by atoms with Crippen LogP contribution in [-0.4, -0.2) is 24.3 Å². The van der Waals surface area contributed by atoms with Crippen LogP contribution in [0.3, 0.4) is 0 Å². The van der Waals surface area contributed by atoms with Gasteiger partial charge in [0.2, 0.25) is 0 Å². The summed E-state index contributed by atoms with van der Waals surface area (Å²) in [5, 5.41) is 9.25. The van der Waals surface area contributed by atoms with Crippen LogP contribution in [0.1, 0.15) is 37.3 Å². The number of carbonyl (C=O) groups is 1. The predicted octanol–water partition coefficient (Wildman–Crippen LogP) is 3.23. The molecule has 1 aromatic carbocycles. The smallest absolute Gasteiger partial charge is 0.311 e. The second-order valence-electron chi connectivity index (χ2n) is 5.06. The fourth-order valence-electron chi connectivity index (χ4n) is 1.75. The molecule has 3 heteroatoms. The Morgan fingerprint density at radius 2 is 1.89 bits per heavy atom. The second kappa shape index (κ2) is 7.17. The van der Waals surface area contributed by atoms with E-state index in [1.807, 2.05) is 31.2 Å². The van der Waals surface area contributed by atoms with Gasteiger partial charge in [0, 0.05) is 13.2 Å². The van der Waals surface area contributed by atoms with Gasteiger partial charge in [-0.3, -0.25) is 4.79 Å². The molecule has 1 atom stereocenters. The highest BCUT2D eigenvalue weighted by atomic mass is 16.5. The molecule has 1 unspecified atom stereocenters. The number of hydrogen-bond donors (Lipinski definition) is 1. The molecule has 100 valence electrons. The molecule has 0 amide bonds. The molecule has 3 nitrogen and oxygen atoms in total. The third-order valence-electron chi connectivity index (χ3n) is 2.78. The SMILES string of the molecule is Cc1ccc(C(CCOCC(C)C)C(=O)O)cc1. The van der Waals surface area contributed by atoms with E-state index in [1.165, 1.54) is 0 Å². The van der Waals surface area contributed by atoms with E-state index >= 15 is 0 Å². The Bertz CT molecular complexity index is 368. The standard InChI is InChI=1S/C15H22O3/c1-11(2)10-18-9-8-14(15(16)17)13-6-4-12(3)5-7-13/h4-7,11,14H,8-10H2,1-3H3,(H,16,17). The minimum Gasteiger partial charge on any atom is -0.481 e. The first-order valence-corrected chi connectivity index (χ1v) is 6.37. The van der Waals surface area contributed by atoms with Crippen LogP contribution in [0.4, 0.5) is 0 Å². The largest absolute Gasteiger partial charge is 0.481 e. The Hall–Kier alpha value is -1.35. The number of rotatable bonds is 7. The van der Waals surface area contributed by atoms with Crippen molar-refractivity contribution < 1.29 is 14.6 Å². The van der Waals surface area contributed by atoms with Crippen molar-refractivity contribution in [2.45, 2.75) is 33.1 Å². The van der Waals surface area contributed by atoms with Crippen molar-refractivity contribution in [1.29, 1.82) is 0 Å². The van der Waals surface area contributed by atoms with Crippen molar-refractivity contribution in [2.24, 2.45) is 5.92 Å². The quantitative estimate of drug-likeness (QED) is 0.756. The summed E-state index contributed by atoms with van der Waals surface area (Å²) in [4.78, 5) is 11.3. The normalized spacial score (nSPS) is 12.7. The lowest BCUT2D eigenvalue weighted by Gasteiger charge is -2.14. The Balaban J connectivity index is 2.55. The van der Waals surface area contributed by atoms with Crippen LogP contribution in [0, 0.1) is 12.8 Å². The lowest BCUT2D eigenvalue weighted by atomic mass is 9.95. The average Bonchev–Trinajstić information content (AvgIpc) is 2.30. The van der Waals surface area contributed by atoms with Crippen molar-refractivity contribution in [1.82, 2.24) is 0 Å². The van der Waals surface area contributed by atoms with Crippen molar-refractivity contribution >= 4 is 5.97 Å². The van der Waals surface area contributed by atoms with E-state index in [0.29, 0.717) is 25.6 Å². The van der Waals surface area contributed by atoms with E-state index in [1.54, 1.807) is 0 Å². The lowest BCUT2D eigenvalue weighted by molar-refractivity contribution is -0.139. The van der Waals surface area contributed by atoms with E-state index in [2.05, 4.69) is 13.8 Å². The summed E-state index contributed by atoms with van der Waals surface area (Å²) in [6, 6.07) is 7.66. The van der Waals surface area contributed by atoms with E-state index in [-0.39, 0.29) is 0 Å². The van der Waals surface area contributed by atoms with Gasteiger partial charge in [0.1, 0.15) is 0 Å². The molecule has 1 aromatic rings. The highest BCUT2D eigenvalue weighted by Crippen LogP contribution is 2.20. The number of hydrogen-bond acceptors (Lipinski definition) is 2. The zero-order valence-electron chi connectivity index (χ0n) is 11.3. The first-order valence-electron chi connectivity index (χ1n) is 6.37. The minimum atomic E-state index is -0.785. The molecule has 0 radical (unpaired) electrons. The van der Waals surface area contributed by atoms with E-state index < -0.39 is 11.9 Å². The van der Waals surface area contributed by atoms with Crippen molar-refractivity contribution in [3.05, 3.63) is 35.4 Å². The van der Waals surface area contributed by atoms with Gasteiger partial charge in [-0.2, -0.15) is 0 Å². The van der Waals surface area contributed by atoms with Crippen molar-refractivity contribution in [3.63, 3.8) is 0 Å². The summed E-state index contributed by atoms with van der Waals surface area (Å²) in [5.74, 6) is -0.780. The van der Waals surface area contributed by atoms with Crippen LogP contribution in [0.2, 0.25) is 0 Å². The van der Waals surface area contributed by atoms with E-state index in [9.17, 15) is 9.90 Å². The van der Waals surface area contributed by atoms with Gasteiger partial charge in [0.05, 0.1) is 5.92 Å². The van der Waals surface area contributed by atoms with Crippen molar-refractivity contribution in [3.8, 4) is 0 Å². The lowest BCUT2D eigenvalue weighted by Crippen LogP contribution is -2.15. The molecule has 0 aliphatic heterocycles. The Morgan fingerprint density at radius 1 is 1.28 bits per heavy atom. The molecule has 0 fully saturated rings. The molecular formula is C15H22O3. The molecule has 0 aromatic heterocycles. The summed E-state index contributed by atoms with van der Waals surface area (Å²) in [6.45, 7) is 7.32. The molecule has 0 aliphatic carbocycles. The van der Waals surface area contributed by atoms with Crippen LogP contribution < -0.4 is 0 Å². The van der Waals surface area contributed by atoms with Gasteiger partial charge in [0.15, 0.2) is 0 Å². The molecule has 0 spiro atoms. The number of benzene rings is 1. The van der Waals surface area contributed by atoms with Gasteiger partial charge < -0.3 is 9.84 Å². The fraction of sp³-hybridized carbons (Fsp3) is 0.533. The molecule has 0 saturated carbocycles. The number of carboxylic acid groups (broad SMARTS) is 1. The fourth-order valence-corrected chi connectivity index (χ4v) is 1.75. The number of carboxylic acids is 1. The molecule has 0 aliphatic rings. The maximum absolute atomic E-state index is 11.3. The average molecular weight is 250 g/mol. The molecular weight excluding hydrogens is 228 g/mol. The topological polar surface area (TPSA) is 46.5 Å². The molecule has 0 heterocycles. The monoisotopic (exact) mass is 250 g/mol. The summed E-state index contributed by atoms with van der Waals surface area (Å²) in [5.41, 5.74) is 1.99. The minimum absolute atomic E-state index is 0.474. The van der Waals surface area contributed by atoms with E-state index in [4.69, 9.17) is 4.74 Å². The summed E-state index contributed by atoms with van der Waals surface area (Å²) in [7, 11) is 0. The molecule has 0 bridgehead atoms. The molecule has 1 N–H and O–H groups in total. The first kappa shape index (κ1) is 14.7. The van der Waals surface area contributed by atoms with Crippen LogP contribution in [-0.2, 0) is 9.53 Å². The Kier molecular flexibility index (Phi) is 5.86. The summed E-state index contributed by atoms with van der Waals surface area (Å²) >= 11 is 0. The van der Waals surface area contributed by atoms with Gasteiger partial charge >= 0.3 is 5.97 Å². The molecule has 1 rings (SSSR count). The first-order chi connectivity index (χ1) is 8.50.